The van der Waals surface area contributed by atoms with Gasteiger partial charge in [-0.15, -0.1) is 0 Å². The number of hydrogen-bond acceptors (Lipinski definition) is 3. The molecule has 0 amide bonds. The van der Waals surface area contributed by atoms with Crippen molar-refractivity contribution in [3.8, 4) is 0 Å². The van der Waals surface area contributed by atoms with Gasteiger partial charge in [0.25, 0.3) is 0 Å². The Balaban J connectivity index is 1.37. The van der Waals surface area contributed by atoms with Gasteiger partial charge in [-0.25, -0.2) is 4.98 Å². The predicted octanol–water partition coefficient (Wildman–Crippen LogP) is 5.52. The molecule has 1 saturated heterocycles. The van der Waals surface area contributed by atoms with E-state index in [9.17, 15) is 0 Å². The van der Waals surface area contributed by atoms with Crippen LogP contribution >= 0.6 is 23.8 Å². The largest absolute Gasteiger partial charge is 0.362 e. The molecule has 1 saturated carbocycles. The molecule has 4 nitrogen and oxygen atoms in total. The van der Waals surface area contributed by atoms with E-state index < -0.39 is 0 Å². The number of rotatable bonds is 5. The number of nitrogens with one attached hydrogen (secondary N) is 2. The first-order valence-corrected chi connectivity index (χ1v) is 11.5. The quantitative estimate of drug-likeness (QED) is 0.613. The smallest absolute Gasteiger partial charge is 0.170 e. The third-order valence-electron chi connectivity index (χ3n) is 6.29. The van der Waals surface area contributed by atoms with E-state index in [1.54, 1.807) is 0 Å². The zero-order valence-electron chi connectivity index (χ0n) is 16.8. The summed E-state index contributed by atoms with van der Waals surface area (Å²) in [7, 11) is 0. The molecule has 29 heavy (non-hydrogen) atoms. The van der Waals surface area contributed by atoms with Gasteiger partial charge in [-0.2, -0.15) is 0 Å². The lowest BCUT2D eigenvalue weighted by molar-refractivity contribution is 0.292. The maximum absolute atomic E-state index is 6.11. The zero-order valence-corrected chi connectivity index (χ0v) is 18.4. The van der Waals surface area contributed by atoms with Crippen molar-refractivity contribution in [2.75, 3.05) is 29.9 Å². The molecule has 6 heteroatoms. The van der Waals surface area contributed by atoms with Crippen LogP contribution in [-0.2, 0) is 5.41 Å². The summed E-state index contributed by atoms with van der Waals surface area (Å²) in [6.07, 6.45) is 10.6. The van der Waals surface area contributed by atoms with E-state index >= 15 is 0 Å². The molecule has 4 rings (SSSR count). The molecule has 2 fully saturated rings. The van der Waals surface area contributed by atoms with Crippen LogP contribution < -0.4 is 15.5 Å². The number of aromatic nitrogens is 1. The monoisotopic (exact) mass is 428 g/mol. The molecule has 2 aromatic rings. The standard InChI is InChI=1S/C23H29ClN4S/c24-19-8-6-18(7-9-19)23(12-2-1-3-13-23)17-26-22(29)27-20-10-11-21(25-16-20)28-14-4-5-15-28/h6-11,16H,1-5,12-15,17H2,(H2,26,27,29). The van der Waals surface area contributed by atoms with Gasteiger partial charge < -0.3 is 15.5 Å². The maximum atomic E-state index is 6.11. The SMILES string of the molecule is S=C(NCC1(c2ccc(Cl)cc2)CCCCC1)Nc1ccc(N2CCCC2)nc1. The second-order valence-electron chi connectivity index (χ2n) is 8.25. The summed E-state index contributed by atoms with van der Waals surface area (Å²) in [5.41, 5.74) is 2.40. The highest BCUT2D eigenvalue weighted by molar-refractivity contribution is 7.80. The van der Waals surface area contributed by atoms with Gasteiger partial charge in [0.2, 0.25) is 0 Å². The molecule has 0 unspecified atom stereocenters. The molecule has 2 heterocycles. The van der Waals surface area contributed by atoms with Crippen LogP contribution in [0.5, 0.6) is 0 Å². The van der Waals surface area contributed by atoms with Gasteiger partial charge in [0.15, 0.2) is 5.11 Å². The second-order valence-corrected chi connectivity index (χ2v) is 9.10. The maximum Gasteiger partial charge on any atom is 0.170 e. The van der Waals surface area contributed by atoms with E-state index in [1.165, 1.54) is 50.5 Å². The fourth-order valence-corrected chi connectivity index (χ4v) is 4.93. The summed E-state index contributed by atoms with van der Waals surface area (Å²) in [5.74, 6) is 1.05. The highest BCUT2D eigenvalue weighted by atomic mass is 35.5. The Hall–Kier alpha value is -1.85. The summed E-state index contributed by atoms with van der Waals surface area (Å²) in [6, 6.07) is 12.5. The van der Waals surface area contributed by atoms with E-state index in [0.29, 0.717) is 5.11 Å². The number of hydrogen-bond donors (Lipinski definition) is 2. The number of thiocarbonyl (C=S) groups is 1. The summed E-state index contributed by atoms with van der Waals surface area (Å²) < 4.78 is 0. The normalized spacial score (nSPS) is 18.4. The van der Waals surface area contributed by atoms with Crippen LogP contribution in [0, 0.1) is 0 Å². The predicted molar refractivity (Wildman–Crippen MR) is 126 cm³/mol. The molecule has 1 aromatic heterocycles. The molecule has 2 aliphatic rings. The van der Waals surface area contributed by atoms with Gasteiger partial charge in [-0.05, 0) is 67.7 Å². The molecule has 0 radical (unpaired) electrons. The minimum atomic E-state index is 0.117. The minimum absolute atomic E-state index is 0.117. The van der Waals surface area contributed by atoms with Crippen LogP contribution in [0.25, 0.3) is 0 Å². The third-order valence-corrected chi connectivity index (χ3v) is 6.79. The Morgan fingerprint density at radius 2 is 1.72 bits per heavy atom. The topological polar surface area (TPSA) is 40.2 Å². The third kappa shape index (κ3) is 5.01. The first-order chi connectivity index (χ1) is 14.1. The average Bonchev–Trinajstić information content (AvgIpc) is 3.29. The lowest BCUT2D eigenvalue weighted by Crippen LogP contribution is -2.43. The molecule has 0 spiro atoms. The molecular formula is C23H29ClN4S. The Labute approximate surface area is 184 Å². The van der Waals surface area contributed by atoms with Gasteiger partial charge in [0, 0.05) is 30.1 Å². The van der Waals surface area contributed by atoms with Gasteiger partial charge in [-0.3, -0.25) is 0 Å². The molecule has 0 atom stereocenters. The number of anilines is 2. The fourth-order valence-electron chi connectivity index (χ4n) is 4.62. The van der Waals surface area contributed by atoms with E-state index in [4.69, 9.17) is 23.8 Å². The van der Waals surface area contributed by atoms with Crippen LogP contribution in [0.15, 0.2) is 42.6 Å². The molecule has 2 N–H and O–H groups in total. The molecule has 1 aliphatic heterocycles. The summed E-state index contributed by atoms with van der Waals surface area (Å²) in [6.45, 7) is 3.04. The average molecular weight is 429 g/mol. The zero-order chi connectivity index (χ0) is 20.1. The highest BCUT2D eigenvalue weighted by Gasteiger charge is 2.33. The van der Waals surface area contributed by atoms with Crippen molar-refractivity contribution in [1.29, 1.82) is 0 Å². The van der Waals surface area contributed by atoms with Crippen molar-refractivity contribution in [2.45, 2.75) is 50.4 Å². The van der Waals surface area contributed by atoms with Gasteiger partial charge in [0.1, 0.15) is 5.82 Å². The summed E-state index contributed by atoms with van der Waals surface area (Å²) in [4.78, 5) is 6.93. The summed E-state index contributed by atoms with van der Waals surface area (Å²) in [5, 5.41) is 8.21. The number of benzene rings is 1. The second kappa shape index (κ2) is 9.31. The number of halogens is 1. The van der Waals surface area contributed by atoms with Crippen LogP contribution in [0.3, 0.4) is 0 Å². The van der Waals surface area contributed by atoms with Crippen LogP contribution in [0.1, 0.15) is 50.5 Å². The van der Waals surface area contributed by atoms with Crippen LogP contribution in [-0.4, -0.2) is 29.7 Å². The van der Waals surface area contributed by atoms with Crippen molar-refractivity contribution >= 4 is 40.4 Å². The molecule has 0 bridgehead atoms. The van der Waals surface area contributed by atoms with Crippen LogP contribution in [0.2, 0.25) is 5.02 Å². The molecular weight excluding hydrogens is 400 g/mol. The Morgan fingerprint density at radius 1 is 1.00 bits per heavy atom. The van der Waals surface area contributed by atoms with Crippen molar-refractivity contribution in [3.05, 3.63) is 53.2 Å². The van der Waals surface area contributed by atoms with Gasteiger partial charge >= 0.3 is 0 Å². The van der Waals surface area contributed by atoms with E-state index in [2.05, 4.69) is 44.8 Å². The first kappa shape index (κ1) is 20.4. The van der Waals surface area contributed by atoms with E-state index in [1.807, 2.05) is 18.3 Å². The van der Waals surface area contributed by atoms with Gasteiger partial charge in [0.05, 0.1) is 11.9 Å². The Morgan fingerprint density at radius 3 is 2.38 bits per heavy atom. The van der Waals surface area contributed by atoms with Crippen molar-refractivity contribution in [1.82, 2.24) is 10.3 Å². The highest BCUT2D eigenvalue weighted by Crippen LogP contribution is 2.39. The number of nitrogens with zero attached hydrogens (tertiary/aromatic N) is 2. The fraction of sp³-hybridized carbons (Fsp3) is 0.478. The Bertz CT molecular complexity index is 810. The molecule has 154 valence electrons. The summed E-state index contributed by atoms with van der Waals surface area (Å²) >= 11 is 11.7. The number of pyridine rings is 1. The van der Waals surface area contributed by atoms with E-state index in [0.717, 1.165) is 36.2 Å². The van der Waals surface area contributed by atoms with Crippen molar-refractivity contribution < 1.29 is 0 Å². The lowest BCUT2D eigenvalue weighted by atomic mass is 9.69. The minimum Gasteiger partial charge on any atom is -0.362 e. The van der Waals surface area contributed by atoms with E-state index in [-0.39, 0.29) is 5.41 Å². The molecule has 1 aliphatic carbocycles. The van der Waals surface area contributed by atoms with Crippen molar-refractivity contribution in [3.63, 3.8) is 0 Å². The van der Waals surface area contributed by atoms with Crippen molar-refractivity contribution in [2.24, 2.45) is 0 Å². The first-order valence-electron chi connectivity index (χ1n) is 10.7. The lowest BCUT2D eigenvalue weighted by Gasteiger charge is -2.38. The molecule has 1 aromatic carbocycles. The Kier molecular flexibility index (Phi) is 6.56. The van der Waals surface area contributed by atoms with Gasteiger partial charge in [-0.1, -0.05) is 43.0 Å². The van der Waals surface area contributed by atoms with Crippen LogP contribution in [0.4, 0.5) is 11.5 Å².